The number of aromatic nitrogens is 2. The van der Waals surface area contributed by atoms with Crippen LogP contribution in [0, 0.1) is 0 Å². The highest BCUT2D eigenvalue weighted by Crippen LogP contribution is 2.58. The number of benzene rings is 7. The van der Waals surface area contributed by atoms with Crippen molar-refractivity contribution in [2.45, 2.75) is 0 Å². The van der Waals surface area contributed by atoms with Crippen molar-refractivity contribution in [2.75, 3.05) is 4.90 Å². The van der Waals surface area contributed by atoms with Gasteiger partial charge in [-0.15, -0.1) is 0 Å². The first-order chi connectivity index (χ1) is 25.3. The molecular formula is C48H31N3. The number of nitrogens with zero attached hydrogens (tertiary/aromatic N) is 3. The van der Waals surface area contributed by atoms with Crippen molar-refractivity contribution in [3.63, 3.8) is 0 Å². The van der Waals surface area contributed by atoms with Crippen LogP contribution < -0.4 is 4.90 Å². The number of anilines is 3. The molecule has 1 aliphatic rings. The maximum Gasteiger partial charge on any atom is 0.0492 e. The third kappa shape index (κ3) is 4.67. The molecule has 0 aliphatic heterocycles. The van der Waals surface area contributed by atoms with E-state index in [4.69, 9.17) is 0 Å². The molecule has 0 saturated heterocycles. The molecule has 3 heteroatoms. The standard InChI is InChI=1S/C48H31N3/c1-3-11-32(12-4-1)44-40-17-7-8-18-41(40)45(33-13-5-2-6-14-33)48-43-22-21-38(39-19-10-20-42(46(39)43)47(44)48)34-15-9-16-37(31-34)51(35-23-27-49-28-24-35)36-25-29-50-30-26-36/h1-31H. The quantitative estimate of drug-likeness (QED) is 0.179. The van der Waals surface area contributed by atoms with Crippen molar-refractivity contribution in [3.8, 4) is 55.6 Å². The van der Waals surface area contributed by atoms with E-state index in [0.29, 0.717) is 0 Å². The van der Waals surface area contributed by atoms with Crippen LogP contribution >= 0.6 is 0 Å². The van der Waals surface area contributed by atoms with Crippen LogP contribution in [0.15, 0.2) is 189 Å². The SMILES string of the molecule is c1ccc(-c2c3c(c(-c4ccccc4)c4ccccc24)-c2ccc(-c4cccc(N(c5ccncc5)c5ccncc5)c4)c4cccc-3c24)cc1. The first-order valence-electron chi connectivity index (χ1n) is 17.3. The smallest absolute Gasteiger partial charge is 0.0492 e. The van der Waals surface area contributed by atoms with Crippen LogP contribution in [0.1, 0.15) is 0 Å². The van der Waals surface area contributed by atoms with Gasteiger partial charge in [0.05, 0.1) is 0 Å². The normalized spacial score (nSPS) is 11.5. The number of hydrogen-bond donors (Lipinski definition) is 0. The summed E-state index contributed by atoms with van der Waals surface area (Å²) in [5.74, 6) is 0. The van der Waals surface area contributed by atoms with Gasteiger partial charge in [-0.1, -0.05) is 127 Å². The molecule has 9 aromatic rings. The molecule has 51 heavy (non-hydrogen) atoms. The van der Waals surface area contributed by atoms with Gasteiger partial charge in [-0.3, -0.25) is 9.97 Å². The van der Waals surface area contributed by atoms with Crippen LogP contribution in [-0.4, -0.2) is 9.97 Å². The maximum atomic E-state index is 4.28. The zero-order valence-electron chi connectivity index (χ0n) is 27.7. The predicted octanol–water partition coefficient (Wildman–Crippen LogP) is 12.9. The molecule has 0 radical (unpaired) electrons. The summed E-state index contributed by atoms with van der Waals surface area (Å²) in [6, 6.07) is 59.3. The highest BCUT2D eigenvalue weighted by atomic mass is 15.1. The van der Waals surface area contributed by atoms with Gasteiger partial charge in [-0.2, -0.15) is 0 Å². The summed E-state index contributed by atoms with van der Waals surface area (Å²) in [7, 11) is 0. The highest BCUT2D eigenvalue weighted by Gasteiger charge is 2.31. The second-order valence-corrected chi connectivity index (χ2v) is 13.0. The molecule has 3 nitrogen and oxygen atoms in total. The van der Waals surface area contributed by atoms with Gasteiger partial charge in [0.15, 0.2) is 0 Å². The summed E-state index contributed by atoms with van der Waals surface area (Å²) < 4.78 is 0. The predicted molar refractivity (Wildman–Crippen MR) is 212 cm³/mol. The van der Waals surface area contributed by atoms with Crippen LogP contribution in [-0.2, 0) is 0 Å². The Morgan fingerprint density at radius 1 is 0.314 bits per heavy atom. The molecule has 2 aromatic heterocycles. The molecule has 238 valence electrons. The maximum absolute atomic E-state index is 4.28. The molecule has 0 N–H and O–H groups in total. The molecule has 0 unspecified atom stereocenters. The van der Waals surface area contributed by atoms with E-state index in [1.807, 2.05) is 49.1 Å². The molecule has 1 aliphatic carbocycles. The Kier molecular flexibility index (Phi) is 6.81. The zero-order valence-corrected chi connectivity index (χ0v) is 27.7. The zero-order chi connectivity index (χ0) is 33.7. The van der Waals surface area contributed by atoms with Crippen LogP contribution in [0.3, 0.4) is 0 Å². The Morgan fingerprint density at radius 3 is 1.37 bits per heavy atom. The fourth-order valence-electron chi connectivity index (χ4n) is 8.11. The average molecular weight is 650 g/mol. The second kappa shape index (κ2) is 11.9. The van der Waals surface area contributed by atoms with Gasteiger partial charge >= 0.3 is 0 Å². The Hall–Kier alpha value is -6.84. The first-order valence-corrected chi connectivity index (χ1v) is 17.3. The summed E-state index contributed by atoms with van der Waals surface area (Å²) in [4.78, 5) is 10.8. The van der Waals surface area contributed by atoms with E-state index in [-0.39, 0.29) is 0 Å². The van der Waals surface area contributed by atoms with Gasteiger partial charge in [0.2, 0.25) is 0 Å². The average Bonchev–Trinajstić information content (AvgIpc) is 3.53. The van der Waals surface area contributed by atoms with Gasteiger partial charge in [0, 0.05) is 41.8 Å². The van der Waals surface area contributed by atoms with E-state index < -0.39 is 0 Å². The molecule has 10 rings (SSSR count). The van der Waals surface area contributed by atoms with Crippen LogP contribution in [0.5, 0.6) is 0 Å². The summed E-state index contributed by atoms with van der Waals surface area (Å²) >= 11 is 0. The summed E-state index contributed by atoms with van der Waals surface area (Å²) in [5, 5.41) is 5.10. The van der Waals surface area contributed by atoms with Gasteiger partial charge in [-0.05, 0) is 114 Å². The third-order valence-corrected chi connectivity index (χ3v) is 10.2. The molecule has 2 heterocycles. The van der Waals surface area contributed by atoms with Gasteiger partial charge in [-0.25, -0.2) is 0 Å². The Bertz CT molecular complexity index is 2590. The minimum absolute atomic E-state index is 1.04. The molecule has 0 bridgehead atoms. The minimum Gasteiger partial charge on any atom is -0.310 e. The number of hydrogen-bond acceptors (Lipinski definition) is 3. The first kappa shape index (κ1) is 29.1. The van der Waals surface area contributed by atoms with Crippen molar-refractivity contribution in [3.05, 3.63) is 189 Å². The lowest BCUT2D eigenvalue weighted by Crippen LogP contribution is -2.10. The Balaban J connectivity index is 1.24. The molecule has 0 atom stereocenters. The van der Waals surface area contributed by atoms with Crippen LogP contribution in [0.2, 0.25) is 0 Å². The van der Waals surface area contributed by atoms with Crippen molar-refractivity contribution >= 4 is 38.6 Å². The van der Waals surface area contributed by atoms with Gasteiger partial charge in [0.25, 0.3) is 0 Å². The molecule has 0 saturated carbocycles. The molecule has 0 amide bonds. The fraction of sp³-hybridized carbons (Fsp3) is 0. The van der Waals surface area contributed by atoms with E-state index in [2.05, 4.69) is 154 Å². The van der Waals surface area contributed by atoms with Crippen molar-refractivity contribution in [1.82, 2.24) is 9.97 Å². The molecule has 0 spiro atoms. The minimum atomic E-state index is 1.04. The number of fused-ring (bicyclic) bond motifs is 4. The summed E-state index contributed by atoms with van der Waals surface area (Å²) in [6.07, 6.45) is 7.35. The lowest BCUT2D eigenvalue weighted by molar-refractivity contribution is 1.22. The lowest BCUT2D eigenvalue weighted by atomic mass is 9.82. The summed E-state index contributed by atoms with van der Waals surface area (Å²) in [5.41, 5.74) is 15.8. The van der Waals surface area contributed by atoms with Crippen molar-refractivity contribution in [1.29, 1.82) is 0 Å². The second-order valence-electron chi connectivity index (χ2n) is 13.0. The molecule has 0 fully saturated rings. The summed E-state index contributed by atoms with van der Waals surface area (Å²) in [6.45, 7) is 0. The van der Waals surface area contributed by atoms with Crippen LogP contribution in [0.25, 0.3) is 77.2 Å². The van der Waals surface area contributed by atoms with Crippen molar-refractivity contribution in [2.24, 2.45) is 0 Å². The number of pyridine rings is 2. The monoisotopic (exact) mass is 649 g/mol. The van der Waals surface area contributed by atoms with Gasteiger partial charge < -0.3 is 4.90 Å². The van der Waals surface area contributed by atoms with Crippen LogP contribution in [0.4, 0.5) is 17.1 Å². The lowest BCUT2D eigenvalue weighted by Gasteiger charge is -2.25. The Morgan fingerprint density at radius 2 is 0.784 bits per heavy atom. The molecule has 7 aromatic carbocycles. The fourth-order valence-corrected chi connectivity index (χ4v) is 8.11. The van der Waals surface area contributed by atoms with E-state index in [9.17, 15) is 0 Å². The van der Waals surface area contributed by atoms with Gasteiger partial charge in [0.1, 0.15) is 0 Å². The van der Waals surface area contributed by atoms with Crippen molar-refractivity contribution < 1.29 is 0 Å². The highest BCUT2D eigenvalue weighted by molar-refractivity contribution is 6.28. The van der Waals surface area contributed by atoms with E-state index in [1.54, 1.807) is 0 Å². The van der Waals surface area contributed by atoms with E-state index in [0.717, 1.165) is 22.6 Å². The molecular weight excluding hydrogens is 619 g/mol. The number of rotatable bonds is 6. The largest absolute Gasteiger partial charge is 0.310 e. The third-order valence-electron chi connectivity index (χ3n) is 10.2. The van der Waals surface area contributed by atoms with E-state index >= 15 is 0 Å². The topological polar surface area (TPSA) is 29.0 Å². The van der Waals surface area contributed by atoms with E-state index in [1.165, 1.54) is 71.6 Å². The Labute approximate surface area is 296 Å².